The highest BCUT2D eigenvalue weighted by Gasteiger charge is 2.32. The number of nitrogens with zero attached hydrogens (tertiary/aromatic N) is 1. The van der Waals surface area contributed by atoms with Crippen LogP contribution in [-0.4, -0.2) is 18.1 Å². The van der Waals surface area contributed by atoms with Crippen molar-refractivity contribution in [3.8, 4) is 0 Å². The molecule has 0 aliphatic carbocycles. The number of esters is 1. The van der Waals surface area contributed by atoms with Crippen molar-refractivity contribution in [2.24, 2.45) is 0 Å². The molecule has 6 heteroatoms. The summed E-state index contributed by atoms with van der Waals surface area (Å²) >= 11 is 0. The third kappa shape index (κ3) is 2.21. The number of methoxy groups -OCH3 is 1. The Kier molecular flexibility index (Phi) is 2.73. The lowest BCUT2D eigenvalue weighted by Gasteiger charge is -2.06. The maximum absolute atomic E-state index is 12.1. The van der Waals surface area contributed by atoms with Crippen molar-refractivity contribution in [3.05, 3.63) is 29.6 Å². The van der Waals surface area contributed by atoms with Crippen molar-refractivity contribution in [2.45, 2.75) is 6.18 Å². The summed E-state index contributed by atoms with van der Waals surface area (Å²) in [5, 5.41) is 0. The van der Waals surface area contributed by atoms with Crippen molar-refractivity contribution in [1.82, 2.24) is 4.98 Å². The molecule has 0 N–H and O–H groups in total. The highest BCUT2D eigenvalue weighted by Crippen LogP contribution is 2.27. The van der Waals surface area contributed by atoms with E-state index in [1.165, 1.54) is 0 Å². The molecule has 14 heavy (non-hydrogen) atoms. The molecule has 1 aromatic heterocycles. The van der Waals surface area contributed by atoms with E-state index in [4.69, 9.17) is 0 Å². The van der Waals surface area contributed by atoms with E-state index in [2.05, 4.69) is 9.72 Å². The summed E-state index contributed by atoms with van der Waals surface area (Å²) in [7, 11) is 1.09. The number of carbonyl (C=O) groups is 1. The van der Waals surface area contributed by atoms with Gasteiger partial charge in [-0.1, -0.05) is 0 Å². The van der Waals surface area contributed by atoms with E-state index in [0.717, 1.165) is 19.4 Å². The van der Waals surface area contributed by atoms with E-state index in [9.17, 15) is 18.0 Å². The summed E-state index contributed by atoms with van der Waals surface area (Å²) in [5.74, 6) is -0.821. The smallest absolute Gasteiger partial charge is 0.433 e. The maximum Gasteiger partial charge on any atom is 0.433 e. The fourth-order valence-corrected chi connectivity index (χ4v) is 0.830. The molecule has 0 bridgehead atoms. The van der Waals surface area contributed by atoms with Crippen LogP contribution in [0.5, 0.6) is 0 Å². The van der Waals surface area contributed by atoms with Crippen LogP contribution >= 0.6 is 0 Å². The highest BCUT2D eigenvalue weighted by molar-refractivity contribution is 5.89. The minimum atomic E-state index is -4.55. The minimum Gasteiger partial charge on any atom is -0.465 e. The Morgan fingerprint density at radius 1 is 1.50 bits per heavy atom. The molecule has 0 atom stereocenters. The fraction of sp³-hybridized carbons (Fsp3) is 0.250. The van der Waals surface area contributed by atoms with Crippen LogP contribution in [0, 0.1) is 0 Å². The van der Waals surface area contributed by atoms with Crippen molar-refractivity contribution < 1.29 is 22.7 Å². The zero-order valence-corrected chi connectivity index (χ0v) is 7.13. The van der Waals surface area contributed by atoms with Crippen molar-refractivity contribution in [1.29, 1.82) is 0 Å². The molecular formula is C8H6F3NO2. The second-order valence-electron chi connectivity index (χ2n) is 2.42. The molecule has 76 valence electrons. The summed E-state index contributed by atoms with van der Waals surface area (Å²) < 4.78 is 40.6. The lowest BCUT2D eigenvalue weighted by Crippen LogP contribution is -2.10. The van der Waals surface area contributed by atoms with Gasteiger partial charge in [0, 0.05) is 6.20 Å². The van der Waals surface area contributed by atoms with Crippen LogP contribution in [-0.2, 0) is 10.9 Å². The highest BCUT2D eigenvalue weighted by atomic mass is 19.4. The second kappa shape index (κ2) is 3.65. The van der Waals surface area contributed by atoms with Gasteiger partial charge in [-0.3, -0.25) is 4.98 Å². The van der Waals surface area contributed by atoms with Crippen LogP contribution in [0.25, 0.3) is 0 Å². The van der Waals surface area contributed by atoms with Gasteiger partial charge in [-0.05, 0) is 12.1 Å². The predicted octanol–water partition coefficient (Wildman–Crippen LogP) is 1.89. The number of carbonyl (C=O) groups excluding carboxylic acids is 1. The van der Waals surface area contributed by atoms with E-state index in [0.29, 0.717) is 6.07 Å². The predicted molar refractivity (Wildman–Crippen MR) is 40.6 cm³/mol. The molecule has 0 spiro atoms. The monoisotopic (exact) mass is 205 g/mol. The third-order valence-corrected chi connectivity index (χ3v) is 1.47. The first-order valence-corrected chi connectivity index (χ1v) is 3.56. The Labute approximate surface area is 77.5 Å². The molecule has 0 unspecified atom stereocenters. The van der Waals surface area contributed by atoms with Crippen molar-refractivity contribution in [3.63, 3.8) is 0 Å². The number of alkyl halides is 3. The van der Waals surface area contributed by atoms with Gasteiger partial charge < -0.3 is 4.74 Å². The Bertz CT molecular complexity index is 349. The van der Waals surface area contributed by atoms with Gasteiger partial charge in [-0.25, -0.2) is 4.79 Å². The molecule has 1 aromatic rings. The number of hydrogen-bond donors (Lipinski definition) is 0. The molecule has 0 saturated carbocycles. The molecule has 0 aliphatic heterocycles. The molecule has 0 amide bonds. The third-order valence-electron chi connectivity index (χ3n) is 1.47. The standard InChI is InChI=1S/C8H6F3NO2/c1-14-7(13)5-2-3-12-6(4-5)8(9,10)11/h2-4H,1H3. The van der Waals surface area contributed by atoms with Gasteiger partial charge in [0.1, 0.15) is 5.69 Å². The van der Waals surface area contributed by atoms with Crippen LogP contribution in [0.3, 0.4) is 0 Å². The van der Waals surface area contributed by atoms with Crippen LogP contribution in [0.15, 0.2) is 18.3 Å². The van der Waals surface area contributed by atoms with Gasteiger partial charge in [0.15, 0.2) is 0 Å². The number of halogens is 3. The number of pyridine rings is 1. The average Bonchev–Trinajstić information content (AvgIpc) is 2.15. The topological polar surface area (TPSA) is 39.2 Å². The van der Waals surface area contributed by atoms with Gasteiger partial charge in [0.2, 0.25) is 0 Å². The van der Waals surface area contributed by atoms with E-state index in [1.807, 2.05) is 0 Å². The molecule has 0 radical (unpaired) electrons. The average molecular weight is 205 g/mol. The minimum absolute atomic E-state index is 0.171. The van der Waals surface area contributed by atoms with Crippen LogP contribution < -0.4 is 0 Å². The SMILES string of the molecule is COC(=O)c1ccnc(C(F)(F)F)c1. The summed E-state index contributed by atoms with van der Waals surface area (Å²) in [5.41, 5.74) is -1.28. The first-order valence-electron chi connectivity index (χ1n) is 3.56. The summed E-state index contributed by atoms with van der Waals surface area (Å²) in [6.07, 6.45) is -3.64. The van der Waals surface area contributed by atoms with Crippen LogP contribution in [0.4, 0.5) is 13.2 Å². The van der Waals surface area contributed by atoms with Gasteiger partial charge in [0.05, 0.1) is 12.7 Å². The van der Waals surface area contributed by atoms with E-state index < -0.39 is 17.8 Å². The van der Waals surface area contributed by atoms with E-state index >= 15 is 0 Å². The lowest BCUT2D eigenvalue weighted by atomic mass is 10.2. The van der Waals surface area contributed by atoms with Gasteiger partial charge in [0.25, 0.3) is 0 Å². The van der Waals surface area contributed by atoms with E-state index in [1.54, 1.807) is 0 Å². The Balaban J connectivity index is 3.08. The van der Waals surface area contributed by atoms with Crippen LogP contribution in [0.1, 0.15) is 16.1 Å². The van der Waals surface area contributed by atoms with Crippen molar-refractivity contribution in [2.75, 3.05) is 7.11 Å². The summed E-state index contributed by atoms with van der Waals surface area (Å²) in [4.78, 5) is 14.0. The molecule has 0 fully saturated rings. The molecule has 3 nitrogen and oxygen atoms in total. The number of rotatable bonds is 1. The molecule has 0 saturated heterocycles. The van der Waals surface area contributed by atoms with Gasteiger partial charge in [-0.15, -0.1) is 0 Å². The molecular weight excluding hydrogens is 199 g/mol. The van der Waals surface area contributed by atoms with Gasteiger partial charge >= 0.3 is 12.1 Å². The van der Waals surface area contributed by atoms with Crippen molar-refractivity contribution >= 4 is 5.97 Å². The maximum atomic E-state index is 12.1. The Morgan fingerprint density at radius 3 is 2.64 bits per heavy atom. The number of hydrogen-bond acceptors (Lipinski definition) is 3. The summed E-state index contributed by atoms with van der Waals surface area (Å²) in [6.45, 7) is 0. The Hall–Kier alpha value is -1.59. The number of aromatic nitrogens is 1. The first-order chi connectivity index (χ1) is 6.45. The quantitative estimate of drug-likeness (QED) is 0.657. The van der Waals surface area contributed by atoms with E-state index in [-0.39, 0.29) is 5.56 Å². The molecule has 1 rings (SSSR count). The van der Waals surface area contributed by atoms with Gasteiger partial charge in [-0.2, -0.15) is 13.2 Å². The molecule has 0 aromatic carbocycles. The fourth-order valence-electron chi connectivity index (χ4n) is 0.830. The first kappa shape index (κ1) is 10.5. The normalized spacial score (nSPS) is 11.1. The zero-order valence-electron chi connectivity index (χ0n) is 7.13. The lowest BCUT2D eigenvalue weighted by molar-refractivity contribution is -0.141. The molecule has 0 aliphatic rings. The largest absolute Gasteiger partial charge is 0.465 e. The van der Waals surface area contributed by atoms with Crippen LogP contribution in [0.2, 0.25) is 0 Å². The summed E-state index contributed by atoms with van der Waals surface area (Å²) in [6, 6.07) is 1.80. The number of ether oxygens (including phenoxy) is 1. The zero-order chi connectivity index (χ0) is 10.8. The second-order valence-corrected chi connectivity index (χ2v) is 2.42. The Morgan fingerprint density at radius 2 is 2.14 bits per heavy atom. The molecule has 1 heterocycles.